The summed E-state index contributed by atoms with van der Waals surface area (Å²) in [4.78, 5) is 16.4. The van der Waals surface area contributed by atoms with E-state index in [1.54, 1.807) is 0 Å². The smallest absolute Gasteiger partial charge is 0.251 e. The molecule has 1 saturated carbocycles. The van der Waals surface area contributed by atoms with Gasteiger partial charge in [-0.15, -0.1) is 0 Å². The highest BCUT2D eigenvalue weighted by Gasteiger charge is 2.28. The van der Waals surface area contributed by atoms with E-state index in [9.17, 15) is 4.79 Å². The lowest BCUT2D eigenvalue weighted by molar-refractivity contribution is 0.0934. The Kier molecular flexibility index (Phi) is 3.38. The summed E-state index contributed by atoms with van der Waals surface area (Å²) < 4.78 is 0.960. The summed E-state index contributed by atoms with van der Waals surface area (Å²) in [6, 6.07) is 5.54. The van der Waals surface area contributed by atoms with Crippen LogP contribution >= 0.6 is 11.3 Å². The third-order valence-corrected chi connectivity index (χ3v) is 5.00. The number of hydrogen-bond acceptors (Lipinski definition) is 4. The second-order valence-corrected chi connectivity index (χ2v) is 7.00. The first-order valence-corrected chi connectivity index (χ1v) is 7.82. The molecule has 3 rings (SSSR count). The molecule has 0 spiro atoms. The van der Waals surface area contributed by atoms with Gasteiger partial charge in [0.25, 0.3) is 5.91 Å². The Morgan fingerprint density at radius 3 is 2.95 bits per heavy atom. The van der Waals surface area contributed by atoms with Gasteiger partial charge in [0.15, 0.2) is 5.13 Å². The van der Waals surface area contributed by atoms with Crippen molar-refractivity contribution in [3.05, 3.63) is 23.8 Å². The van der Waals surface area contributed by atoms with Gasteiger partial charge in [-0.05, 0) is 36.5 Å². The standard InChI is InChI=1S/C15H19N3OS/c1-15(6-2-3-7-15)9-17-13(19)10-4-5-11-12(8-10)20-14(16)18-11/h4-5,8H,2-3,6-7,9H2,1H3,(H2,16,18)(H,17,19). The molecular formula is C15H19N3OS. The van der Waals surface area contributed by atoms with E-state index in [1.807, 2.05) is 18.2 Å². The van der Waals surface area contributed by atoms with Crippen molar-refractivity contribution in [2.24, 2.45) is 5.41 Å². The van der Waals surface area contributed by atoms with Crippen molar-refractivity contribution >= 4 is 32.6 Å². The molecule has 5 heteroatoms. The number of fused-ring (bicyclic) bond motifs is 1. The van der Waals surface area contributed by atoms with Crippen LogP contribution in [0.5, 0.6) is 0 Å². The Balaban J connectivity index is 1.71. The molecule has 1 aliphatic rings. The van der Waals surface area contributed by atoms with Crippen LogP contribution in [0.15, 0.2) is 18.2 Å². The van der Waals surface area contributed by atoms with E-state index in [0.717, 1.165) is 16.8 Å². The largest absolute Gasteiger partial charge is 0.375 e. The van der Waals surface area contributed by atoms with Gasteiger partial charge in [0.05, 0.1) is 10.2 Å². The molecule has 0 aliphatic heterocycles. The van der Waals surface area contributed by atoms with E-state index < -0.39 is 0 Å². The number of nitrogens with one attached hydrogen (secondary N) is 1. The molecule has 3 N–H and O–H groups in total. The number of benzene rings is 1. The van der Waals surface area contributed by atoms with E-state index in [2.05, 4.69) is 17.2 Å². The molecule has 2 aromatic rings. The van der Waals surface area contributed by atoms with Crippen LogP contribution in [0.1, 0.15) is 43.0 Å². The van der Waals surface area contributed by atoms with Gasteiger partial charge in [0.1, 0.15) is 0 Å². The molecule has 1 amide bonds. The SMILES string of the molecule is CC1(CNC(=O)c2ccc3nc(N)sc3c2)CCCC1. The van der Waals surface area contributed by atoms with E-state index in [1.165, 1.54) is 37.0 Å². The summed E-state index contributed by atoms with van der Waals surface area (Å²) in [5, 5.41) is 3.60. The van der Waals surface area contributed by atoms with Crippen molar-refractivity contribution in [3.63, 3.8) is 0 Å². The molecule has 1 heterocycles. The Morgan fingerprint density at radius 1 is 1.45 bits per heavy atom. The highest BCUT2D eigenvalue weighted by atomic mass is 32.1. The van der Waals surface area contributed by atoms with Gasteiger partial charge < -0.3 is 11.1 Å². The number of aromatic nitrogens is 1. The zero-order chi connectivity index (χ0) is 14.2. The average Bonchev–Trinajstić information content (AvgIpc) is 3.00. The van der Waals surface area contributed by atoms with Gasteiger partial charge >= 0.3 is 0 Å². The van der Waals surface area contributed by atoms with Crippen LogP contribution in [0.2, 0.25) is 0 Å². The van der Waals surface area contributed by atoms with Crippen LogP contribution in [0, 0.1) is 5.41 Å². The summed E-state index contributed by atoms with van der Waals surface area (Å²) in [6.45, 7) is 3.02. The summed E-state index contributed by atoms with van der Waals surface area (Å²) in [5.41, 5.74) is 7.49. The maximum atomic E-state index is 12.2. The second kappa shape index (κ2) is 5.05. The van der Waals surface area contributed by atoms with Crippen LogP contribution in [0.25, 0.3) is 10.2 Å². The Labute approximate surface area is 122 Å². The minimum Gasteiger partial charge on any atom is -0.375 e. The molecule has 0 radical (unpaired) electrons. The number of anilines is 1. The van der Waals surface area contributed by atoms with Crippen molar-refractivity contribution in [1.82, 2.24) is 10.3 Å². The Bertz CT molecular complexity index is 644. The second-order valence-electron chi connectivity index (χ2n) is 5.94. The maximum absolute atomic E-state index is 12.2. The first-order valence-electron chi connectivity index (χ1n) is 7.00. The Hall–Kier alpha value is -1.62. The fourth-order valence-electron chi connectivity index (χ4n) is 2.88. The minimum atomic E-state index is -0.00741. The van der Waals surface area contributed by atoms with Gasteiger partial charge in [-0.2, -0.15) is 0 Å². The first-order chi connectivity index (χ1) is 9.56. The monoisotopic (exact) mass is 289 g/mol. The fraction of sp³-hybridized carbons (Fsp3) is 0.467. The molecule has 0 bridgehead atoms. The van der Waals surface area contributed by atoms with Gasteiger partial charge in [-0.3, -0.25) is 4.79 Å². The average molecular weight is 289 g/mol. The summed E-state index contributed by atoms with van der Waals surface area (Å²) in [7, 11) is 0. The highest BCUT2D eigenvalue weighted by molar-refractivity contribution is 7.22. The minimum absolute atomic E-state index is 0.00741. The van der Waals surface area contributed by atoms with Crippen molar-refractivity contribution in [1.29, 1.82) is 0 Å². The van der Waals surface area contributed by atoms with Gasteiger partial charge in [0, 0.05) is 12.1 Å². The predicted molar refractivity (Wildman–Crippen MR) is 82.9 cm³/mol. The van der Waals surface area contributed by atoms with Crippen molar-refractivity contribution in [3.8, 4) is 0 Å². The predicted octanol–water partition coefficient (Wildman–Crippen LogP) is 3.19. The number of rotatable bonds is 3. The molecule has 1 fully saturated rings. The van der Waals surface area contributed by atoms with Crippen LogP contribution in [-0.2, 0) is 0 Å². The number of amides is 1. The zero-order valence-electron chi connectivity index (χ0n) is 11.6. The van der Waals surface area contributed by atoms with Crippen LogP contribution in [0.4, 0.5) is 5.13 Å². The summed E-state index contributed by atoms with van der Waals surface area (Å²) in [6.07, 6.45) is 4.96. The van der Waals surface area contributed by atoms with E-state index in [4.69, 9.17) is 5.73 Å². The fourth-order valence-corrected chi connectivity index (χ4v) is 3.66. The van der Waals surface area contributed by atoms with Crippen molar-refractivity contribution < 1.29 is 4.79 Å². The third-order valence-electron chi connectivity index (χ3n) is 4.15. The molecule has 1 aliphatic carbocycles. The lowest BCUT2D eigenvalue weighted by Gasteiger charge is -2.23. The van der Waals surface area contributed by atoms with Crippen LogP contribution < -0.4 is 11.1 Å². The quantitative estimate of drug-likeness (QED) is 0.911. The number of nitrogens with two attached hydrogens (primary N) is 1. The molecule has 1 aromatic carbocycles. The number of carbonyl (C=O) groups excluding carboxylic acids is 1. The van der Waals surface area contributed by atoms with Crippen molar-refractivity contribution in [2.45, 2.75) is 32.6 Å². The number of thiazole rings is 1. The van der Waals surface area contributed by atoms with Gasteiger partial charge in [-0.1, -0.05) is 31.1 Å². The Morgan fingerprint density at radius 2 is 2.20 bits per heavy atom. The van der Waals surface area contributed by atoms with Crippen molar-refractivity contribution in [2.75, 3.05) is 12.3 Å². The molecule has 0 atom stereocenters. The summed E-state index contributed by atoms with van der Waals surface area (Å²) in [5.74, 6) is -0.00741. The third kappa shape index (κ3) is 2.63. The molecular weight excluding hydrogens is 270 g/mol. The maximum Gasteiger partial charge on any atom is 0.251 e. The molecule has 1 aromatic heterocycles. The summed E-state index contributed by atoms with van der Waals surface area (Å²) >= 11 is 1.41. The molecule has 106 valence electrons. The number of nitrogen functional groups attached to an aromatic ring is 1. The van der Waals surface area contributed by atoms with Crippen LogP contribution in [0.3, 0.4) is 0 Å². The zero-order valence-corrected chi connectivity index (χ0v) is 12.4. The topological polar surface area (TPSA) is 68.0 Å². The van der Waals surface area contributed by atoms with E-state index in [-0.39, 0.29) is 11.3 Å². The van der Waals surface area contributed by atoms with Crippen LogP contribution in [-0.4, -0.2) is 17.4 Å². The molecule has 0 saturated heterocycles. The number of carbonyl (C=O) groups is 1. The molecule has 0 unspecified atom stereocenters. The molecule has 4 nitrogen and oxygen atoms in total. The first kappa shape index (κ1) is 13.4. The molecule has 20 heavy (non-hydrogen) atoms. The van der Waals surface area contributed by atoms with Gasteiger partial charge in [0.2, 0.25) is 0 Å². The lowest BCUT2D eigenvalue weighted by Crippen LogP contribution is -2.34. The van der Waals surface area contributed by atoms with E-state index >= 15 is 0 Å². The number of nitrogens with zero attached hydrogens (tertiary/aromatic N) is 1. The van der Waals surface area contributed by atoms with E-state index in [0.29, 0.717) is 10.7 Å². The van der Waals surface area contributed by atoms with Gasteiger partial charge in [-0.25, -0.2) is 4.98 Å². The lowest BCUT2D eigenvalue weighted by atomic mass is 9.89. The highest BCUT2D eigenvalue weighted by Crippen LogP contribution is 2.36. The normalized spacial score (nSPS) is 17.4. The number of hydrogen-bond donors (Lipinski definition) is 2.